The van der Waals surface area contributed by atoms with Crippen molar-refractivity contribution in [3.8, 4) is 0 Å². The van der Waals surface area contributed by atoms with Gasteiger partial charge in [-0.15, -0.1) is 0 Å². The second kappa shape index (κ2) is 7.10. The topological polar surface area (TPSA) is 38.8 Å². The molecule has 96 valence electrons. The molecule has 0 aliphatic carbocycles. The van der Waals surface area contributed by atoms with Gasteiger partial charge in [-0.25, -0.2) is 4.57 Å². The van der Waals surface area contributed by atoms with Gasteiger partial charge in [0.1, 0.15) is 0 Å². The molecule has 0 amide bonds. The highest BCUT2D eigenvalue weighted by molar-refractivity contribution is 7.51. The summed E-state index contributed by atoms with van der Waals surface area (Å²) >= 11 is 0. The third-order valence-corrected chi connectivity index (χ3v) is 4.35. The fourth-order valence-electron chi connectivity index (χ4n) is 1.57. The minimum atomic E-state index is -3.17. The van der Waals surface area contributed by atoms with Crippen molar-refractivity contribution in [3.05, 3.63) is 11.8 Å². The smallest absolute Gasteiger partial charge is 0.292 e. The average molecular weight is 249 g/mol. The summed E-state index contributed by atoms with van der Waals surface area (Å²) in [6.45, 7) is 10.4. The number of hydrogen-bond donors (Lipinski definition) is 0. The van der Waals surface area contributed by atoms with Crippen LogP contribution in [0.5, 0.6) is 0 Å². The van der Waals surface area contributed by atoms with Crippen LogP contribution in [0.15, 0.2) is 11.8 Å². The minimum absolute atomic E-state index is 0.282. The number of allylic oxidation sites excluding steroid dienone is 2. The Morgan fingerprint density at radius 1 is 1.31 bits per heavy atom. The summed E-state index contributed by atoms with van der Waals surface area (Å²) in [4.78, 5) is 0. The summed E-state index contributed by atoms with van der Waals surface area (Å²) in [6.07, 6.45) is 1.94. The van der Waals surface area contributed by atoms with Crippen LogP contribution in [0.1, 0.15) is 34.6 Å². The standard InChI is InChI=1S/C11H24NO3P/c1-7-11(10(4)5)12(6)16(13,14-8-2)15-9-3/h7,10H,8-9H2,1-6H3/b11-7-. The molecule has 0 spiro atoms. The highest BCUT2D eigenvalue weighted by atomic mass is 31.2. The van der Waals surface area contributed by atoms with Crippen LogP contribution >= 0.6 is 7.75 Å². The molecule has 0 aliphatic rings. The van der Waals surface area contributed by atoms with Crippen molar-refractivity contribution in [2.45, 2.75) is 34.6 Å². The van der Waals surface area contributed by atoms with E-state index < -0.39 is 7.75 Å². The Morgan fingerprint density at radius 3 is 2.00 bits per heavy atom. The van der Waals surface area contributed by atoms with E-state index in [1.807, 2.05) is 40.7 Å². The van der Waals surface area contributed by atoms with E-state index in [0.717, 1.165) is 5.70 Å². The number of rotatable bonds is 7. The Morgan fingerprint density at radius 2 is 1.75 bits per heavy atom. The number of hydrogen-bond acceptors (Lipinski definition) is 3. The lowest BCUT2D eigenvalue weighted by Gasteiger charge is -2.31. The maximum absolute atomic E-state index is 12.5. The van der Waals surface area contributed by atoms with Gasteiger partial charge in [0.15, 0.2) is 0 Å². The fourth-order valence-corrected chi connectivity index (χ4v) is 3.27. The molecule has 4 nitrogen and oxygen atoms in total. The van der Waals surface area contributed by atoms with Gasteiger partial charge in [0, 0.05) is 12.7 Å². The van der Waals surface area contributed by atoms with Crippen molar-refractivity contribution < 1.29 is 13.6 Å². The maximum atomic E-state index is 12.5. The van der Waals surface area contributed by atoms with Crippen LogP contribution in [0.2, 0.25) is 0 Å². The van der Waals surface area contributed by atoms with Crippen LogP contribution < -0.4 is 0 Å². The second-order valence-electron chi connectivity index (χ2n) is 3.70. The Hall–Kier alpha value is -0.310. The molecule has 0 aromatic heterocycles. The first-order valence-corrected chi connectivity index (χ1v) is 7.21. The molecule has 0 atom stereocenters. The van der Waals surface area contributed by atoms with Gasteiger partial charge in [0.25, 0.3) is 0 Å². The zero-order chi connectivity index (χ0) is 12.8. The lowest BCUT2D eigenvalue weighted by molar-refractivity contribution is 0.183. The monoisotopic (exact) mass is 249 g/mol. The second-order valence-corrected chi connectivity index (χ2v) is 5.75. The summed E-state index contributed by atoms with van der Waals surface area (Å²) in [7, 11) is -1.42. The van der Waals surface area contributed by atoms with E-state index in [0.29, 0.717) is 13.2 Å². The summed E-state index contributed by atoms with van der Waals surface area (Å²) in [5.41, 5.74) is 0.963. The molecule has 0 radical (unpaired) electrons. The molecule has 0 saturated heterocycles. The van der Waals surface area contributed by atoms with Gasteiger partial charge in [-0.05, 0) is 26.7 Å². The molecule has 0 fully saturated rings. The predicted octanol–water partition coefficient (Wildman–Crippen LogP) is 3.66. The van der Waals surface area contributed by atoms with Crippen molar-refractivity contribution in [2.24, 2.45) is 5.92 Å². The Kier molecular flexibility index (Phi) is 6.96. The van der Waals surface area contributed by atoms with E-state index in [9.17, 15) is 4.57 Å². The molecule has 0 heterocycles. The van der Waals surface area contributed by atoms with Crippen molar-refractivity contribution in [2.75, 3.05) is 20.3 Å². The third kappa shape index (κ3) is 3.93. The zero-order valence-corrected chi connectivity index (χ0v) is 12.1. The van der Waals surface area contributed by atoms with E-state index in [-0.39, 0.29) is 5.92 Å². The van der Waals surface area contributed by atoms with Gasteiger partial charge in [0.05, 0.1) is 13.2 Å². The first-order valence-electron chi connectivity index (χ1n) is 5.72. The molecule has 0 aromatic carbocycles. The van der Waals surface area contributed by atoms with Gasteiger partial charge in [-0.2, -0.15) is 0 Å². The summed E-state index contributed by atoms with van der Waals surface area (Å²) in [6, 6.07) is 0. The van der Waals surface area contributed by atoms with Crippen LogP contribution in [0.4, 0.5) is 0 Å². The Labute approximate surface area is 99.2 Å². The first kappa shape index (κ1) is 15.7. The predicted molar refractivity (Wildman–Crippen MR) is 67.2 cm³/mol. The van der Waals surface area contributed by atoms with Gasteiger partial charge in [-0.3, -0.25) is 13.7 Å². The van der Waals surface area contributed by atoms with E-state index >= 15 is 0 Å². The van der Waals surface area contributed by atoms with Crippen molar-refractivity contribution in [1.29, 1.82) is 0 Å². The molecule has 0 bridgehead atoms. The maximum Gasteiger partial charge on any atom is 0.434 e. The van der Waals surface area contributed by atoms with E-state index in [4.69, 9.17) is 9.05 Å². The quantitative estimate of drug-likeness (QED) is 0.645. The van der Waals surface area contributed by atoms with Crippen molar-refractivity contribution in [1.82, 2.24) is 4.67 Å². The molecule has 0 saturated carbocycles. The van der Waals surface area contributed by atoms with Crippen LogP contribution in [0.25, 0.3) is 0 Å². The molecule has 0 aromatic rings. The fraction of sp³-hybridized carbons (Fsp3) is 0.818. The molecule has 0 N–H and O–H groups in total. The summed E-state index contributed by atoms with van der Waals surface area (Å²) in [5.74, 6) is 0.282. The van der Waals surface area contributed by atoms with Gasteiger partial charge in [0.2, 0.25) is 0 Å². The highest BCUT2D eigenvalue weighted by Crippen LogP contribution is 2.53. The van der Waals surface area contributed by atoms with Crippen LogP contribution in [-0.2, 0) is 13.6 Å². The molecular formula is C11H24NO3P. The average Bonchev–Trinajstić information content (AvgIpc) is 2.18. The first-order chi connectivity index (χ1) is 7.42. The lowest BCUT2D eigenvalue weighted by Crippen LogP contribution is -2.21. The normalized spacial score (nSPS) is 13.3. The molecule has 0 rings (SSSR count). The molecule has 16 heavy (non-hydrogen) atoms. The number of nitrogens with zero attached hydrogens (tertiary/aromatic N) is 1. The lowest BCUT2D eigenvalue weighted by atomic mass is 10.1. The SMILES string of the molecule is C/C=C(/C(C)C)N(C)P(=O)(OCC)OCC. The Bertz CT molecular complexity index is 266. The highest BCUT2D eigenvalue weighted by Gasteiger charge is 2.32. The van der Waals surface area contributed by atoms with E-state index in [2.05, 4.69) is 0 Å². The summed E-state index contributed by atoms with van der Waals surface area (Å²) < 4.78 is 24.7. The largest absolute Gasteiger partial charge is 0.434 e. The van der Waals surface area contributed by atoms with Gasteiger partial charge in [-0.1, -0.05) is 19.9 Å². The van der Waals surface area contributed by atoms with E-state index in [1.54, 1.807) is 11.7 Å². The zero-order valence-electron chi connectivity index (χ0n) is 11.2. The van der Waals surface area contributed by atoms with E-state index in [1.165, 1.54) is 0 Å². The molecular weight excluding hydrogens is 225 g/mol. The van der Waals surface area contributed by atoms with Crippen molar-refractivity contribution in [3.63, 3.8) is 0 Å². The van der Waals surface area contributed by atoms with Crippen LogP contribution in [-0.4, -0.2) is 24.9 Å². The third-order valence-electron chi connectivity index (χ3n) is 2.21. The summed E-state index contributed by atoms with van der Waals surface area (Å²) in [5, 5.41) is 0. The molecule has 0 unspecified atom stereocenters. The van der Waals surface area contributed by atoms with Crippen LogP contribution in [0.3, 0.4) is 0 Å². The van der Waals surface area contributed by atoms with Gasteiger partial charge < -0.3 is 0 Å². The van der Waals surface area contributed by atoms with Crippen molar-refractivity contribution >= 4 is 7.75 Å². The minimum Gasteiger partial charge on any atom is -0.292 e. The van der Waals surface area contributed by atoms with Gasteiger partial charge >= 0.3 is 7.75 Å². The van der Waals surface area contributed by atoms with Crippen LogP contribution in [0, 0.1) is 5.92 Å². The molecule has 5 heteroatoms. The molecule has 0 aliphatic heterocycles. The Balaban J connectivity index is 5.00.